The van der Waals surface area contributed by atoms with Crippen molar-refractivity contribution in [1.82, 2.24) is 10.3 Å². The van der Waals surface area contributed by atoms with E-state index in [4.69, 9.17) is 5.73 Å². The first-order chi connectivity index (χ1) is 10.2. The SMILES string of the molecule is Cc1c(C#CCN)cccc1C(=O)NCc1ccncc1. The molecule has 1 heterocycles. The van der Waals surface area contributed by atoms with Gasteiger partial charge in [0.1, 0.15) is 0 Å². The topological polar surface area (TPSA) is 68.0 Å². The summed E-state index contributed by atoms with van der Waals surface area (Å²) in [6.45, 7) is 2.67. The van der Waals surface area contributed by atoms with E-state index < -0.39 is 0 Å². The zero-order valence-electron chi connectivity index (χ0n) is 11.9. The van der Waals surface area contributed by atoms with E-state index in [-0.39, 0.29) is 5.91 Å². The van der Waals surface area contributed by atoms with Gasteiger partial charge >= 0.3 is 0 Å². The van der Waals surface area contributed by atoms with Gasteiger partial charge in [0, 0.05) is 30.1 Å². The van der Waals surface area contributed by atoms with E-state index in [1.807, 2.05) is 31.2 Å². The smallest absolute Gasteiger partial charge is 0.251 e. The summed E-state index contributed by atoms with van der Waals surface area (Å²) in [5.41, 5.74) is 8.72. The number of aromatic nitrogens is 1. The number of carbonyl (C=O) groups is 1. The Balaban J connectivity index is 2.12. The van der Waals surface area contributed by atoms with Crippen molar-refractivity contribution in [3.8, 4) is 11.8 Å². The molecule has 0 aliphatic rings. The van der Waals surface area contributed by atoms with Crippen molar-refractivity contribution in [2.75, 3.05) is 6.54 Å². The Kier molecular flexibility index (Phi) is 5.08. The van der Waals surface area contributed by atoms with Crippen molar-refractivity contribution in [3.63, 3.8) is 0 Å². The summed E-state index contributed by atoms with van der Waals surface area (Å²) < 4.78 is 0. The summed E-state index contributed by atoms with van der Waals surface area (Å²) in [5.74, 6) is 5.68. The van der Waals surface area contributed by atoms with Gasteiger partial charge in [-0.25, -0.2) is 0 Å². The largest absolute Gasteiger partial charge is 0.348 e. The van der Waals surface area contributed by atoms with E-state index in [0.29, 0.717) is 18.7 Å². The number of nitrogens with one attached hydrogen (secondary N) is 1. The van der Waals surface area contributed by atoms with E-state index in [9.17, 15) is 4.79 Å². The summed E-state index contributed by atoms with van der Waals surface area (Å²) in [4.78, 5) is 16.2. The number of amides is 1. The fourth-order valence-corrected chi connectivity index (χ4v) is 1.94. The van der Waals surface area contributed by atoms with Gasteiger partial charge in [-0.05, 0) is 42.3 Å². The molecule has 0 aliphatic heterocycles. The van der Waals surface area contributed by atoms with E-state index >= 15 is 0 Å². The van der Waals surface area contributed by atoms with Gasteiger partial charge in [0.05, 0.1) is 6.54 Å². The predicted octanol–water partition coefficient (Wildman–Crippen LogP) is 1.63. The Bertz CT molecular complexity index is 684. The molecule has 1 aromatic heterocycles. The number of hydrogen-bond acceptors (Lipinski definition) is 3. The van der Waals surface area contributed by atoms with Gasteiger partial charge in [0.25, 0.3) is 5.91 Å². The van der Waals surface area contributed by atoms with Crippen LogP contribution in [0.5, 0.6) is 0 Å². The van der Waals surface area contributed by atoms with Crippen LogP contribution in [0.15, 0.2) is 42.7 Å². The molecule has 4 heteroatoms. The van der Waals surface area contributed by atoms with Gasteiger partial charge in [0.15, 0.2) is 0 Å². The fourth-order valence-electron chi connectivity index (χ4n) is 1.94. The van der Waals surface area contributed by atoms with Crippen molar-refractivity contribution < 1.29 is 4.79 Å². The van der Waals surface area contributed by atoms with Crippen molar-refractivity contribution >= 4 is 5.91 Å². The Hall–Kier alpha value is -2.64. The number of benzene rings is 1. The van der Waals surface area contributed by atoms with Crippen molar-refractivity contribution in [1.29, 1.82) is 0 Å². The number of hydrogen-bond donors (Lipinski definition) is 2. The van der Waals surface area contributed by atoms with Crippen LogP contribution in [0, 0.1) is 18.8 Å². The summed E-state index contributed by atoms with van der Waals surface area (Å²) in [5, 5.41) is 2.90. The summed E-state index contributed by atoms with van der Waals surface area (Å²) in [6, 6.07) is 9.25. The molecule has 0 spiro atoms. The quantitative estimate of drug-likeness (QED) is 0.839. The van der Waals surface area contributed by atoms with Gasteiger partial charge in [-0.3, -0.25) is 9.78 Å². The second-order valence-electron chi connectivity index (χ2n) is 4.52. The van der Waals surface area contributed by atoms with Gasteiger partial charge in [-0.2, -0.15) is 0 Å². The highest BCUT2D eigenvalue weighted by Gasteiger charge is 2.10. The normalized spacial score (nSPS) is 9.62. The van der Waals surface area contributed by atoms with Crippen molar-refractivity contribution in [3.05, 3.63) is 65.0 Å². The maximum absolute atomic E-state index is 12.3. The lowest BCUT2D eigenvalue weighted by Crippen LogP contribution is -2.23. The lowest BCUT2D eigenvalue weighted by atomic mass is 10.0. The van der Waals surface area contributed by atoms with Crippen LogP contribution < -0.4 is 11.1 Å². The first-order valence-electron chi connectivity index (χ1n) is 6.68. The van der Waals surface area contributed by atoms with Gasteiger partial charge in [-0.1, -0.05) is 17.9 Å². The van der Waals surface area contributed by atoms with Crippen molar-refractivity contribution in [2.24, 2.45) is 5.73 Å². The molecule has 2 aromatic rings. The molecule has 0 radical (unpaired) electrons. The fraction of sp³-hybridized carbons (Fsp3) is 0.176. The molecule has 0 bridgehead atoms. The molecule has 21 heavy (non-hydrogen) atoms. The lowest BCUT2D eigenvalue weighted by molar-refractivity contribution is 0.0950. The molecule has 0 unspecified atom stereocenters. The van der Waals surface area contributed by atoms with Crippen LogP contribution >= 0.6 is 0 Å². The monoisotopic (exact) mass is 279 g/mol. The molecule has 0 fully saturated rings. The average molecular weight is 279 g/mol. The zero-order chi connectivity index (χ0) is 15.1. The molecule has 106 valence electrons. The van der Waals surface area contributed by atoms with E-state index in [0.717, 1.165) is 16.7 Å². The Morgan fingerprint density at radius 1 is 1.29 bits per heavy atom. The third-order valence-corrected chi connectivity index (χ3v) is 3.11. The van der Waals surface area contributed by atoms with Gasteiger partial charge < -0.3 is 11.1 Å². The van der Waals surface area contributed by atoms with Crippen LogP contribution in [0.2, 0.25) is 0 Å². The molecule has 0 aliphatic carbocycles. The van der Waals surface area contributed by atoms with Gasteiger partial charge in [-0.15, -0.1) is 0 Å². The number of pyridine rings is 1. The van der Waals surface area contributed by atoms with E-state index in [1.54, 1.807) is 18.5 Å². The minimum absolute atomic E-state index is 0.110. The predicted molar refractivity (Wildman–Crippen MR) is 82.5 cm³/mol. The second-order valence-corrected chi connectivity index (χ2v) is 4.52. The number of nitrogens with two attached hydrogens (primary N) is 1. The first kappa shape index (κ1) is 14.8. The molecule has 0 atom stereocenters. The number of nitrogens with zero attached hydrogens (tertiary/aromatic N) is 1. The summed E-state index contributed by atoms with van der Waals surface area (Å²) >= 11 is 0. The highest BCUT2D eigenvalue weighted by atomic mass is 16.1. The Labute approximate surface area is 124 Å². The Morgan fingerprint density at radius 2 is 2.05 bits per heavy atom. The van der Waals surface area contributed by atoms with Crippen LogP contribution in [0.1, 0.15) is 27.0 Å². The second kappa shape index (κ2) is 7.22. The van der Waals surface area contributed by atoms with Crippen LogP contribution in [0.3, 0.4) is 0 Å². The molecule has 4 nitrogen and oxygen atoms in total. The van der Waals surface area contributed by atoms with Crippen LogP contribution in [-0.2, 0) is 6.54 Å². The third-order valence-electron chi connectivity index (χ3n) is 3.11. The van der Waals surface area contributed by atoms with Gasteiger partial charge in [0.2, 0.25) is 0 Å². The third kappa shape index (κ3) is 3.91. The molecule has 0 saturated heterocycles. The maximum atomic E-state index is 12.3. The lowest BCUT2D eigenvalue weighted by Gasteiger charge is -2.09. The zero-order valence-corrected chi connectivity index (χ0v) is 11.9. The molecule has 3 N–H and O–H groups in total. The number of carbonyl (C=O) groups excluding carboxylic acids is 1. The van der Waals surface area contributed by atoms with E-state index in [2.05, 4.69) is 22.1 Å². The van der Waals surface area contributed by atoms with Crippen LogP contribution in [-0.4, -0.2) is 17.4 Å². The average Bonchev–Trinajstić information content (AvgIpc) is 2.52. The standard InChI is InChI=1S/C17H17N3O/c1-13-15(5-3-9-18)4-2-6-16(13)17(21)20-12-14-7-10-19-11-8-14/h2,4,6-8,10-11H,9,12,18H2,1H3,(H,20,21). The number of rotatable bonds is 3. The molecule has 2 rings (SSSR count). The molecule has 1 aromatic carbocycles. The van der Waals surface area contributed by atoms with Crippen LogP contribution in [0.25, 0.3) is 0 Å². The summed E-state index contributed by atoms with van der Waals surface area (Å²) in [7, 11) is 0. The minimum atomic E-state index is -0.110. The van der Waals surface area contributed by atoms with Crippen molar-refractivity contribution in [2.45, 2.75) is 13.5 Å². The minimum Gasteiger partial charge on any atom is -0.348 e. The first-order valence-corrected chi connectivity index (χ1v) is 6.68. The molecule has 1 amide bonds. The molecule has 0 saturated carbocycles. The van der Waals surface area contributed by atoms with Crippen LogP contribution in [0.4, 0.5) is 0 Å². The highest BCUT2D eigenvalue weighted by molar-refractivity contribution is 5.96. The molecular formula is C17H17N3O. The highest BCUT2D eigenvalue weighted by Crippen LogP contribution is 2.13. The Morgan fingerprint density at radius 3 is 2.76 bits per heavy atom. The van der Waals surface area contributed by atoms with E-state index in [1.165, 1.54) is 0 Å². The summed E-state index contributed by atoms with van der Waals surface area (Å²) in [6.07, 6.45) is 3.41. The maximum Gasteiger partial charge on any atom is 0.251 e. The molecular weight excluding hydrogens is 262 g/mol.